The van der Waals surface area contributed by atoms with E-state index in [1.807, 2.05) is 11.9 Å². The van der Waals surface area contributed by atoms with Gasteiger partial charge in [0.25, 0.3) is 0 Å². The minimum Gasteiger partial charge on any atom is -0.393 e. The smallest absolute Gasteiger partial charge is 0.234 e. The van der Waals surface area contributed by atoms with Gasteiger partial charge in [0.05, 0.1) is 12.6 Å². The number of aliphatic hydroxyl groups excluding tert-OH is 1. The standard InChI is InChI=1S/C12H22N2O2/c1-3-7-13-12(16)9-14(2)8-10-5-4-6-11(10)15/h3,10-11,15H,1,4-9H2,2H3,(H,13,16). The first-order valence-corrected chi connectivity index (χ1v) is 5.87. The Morgan fingerprint density at radius 1 is 1.62 bits per heavy atom. The number of hydrogen-bond acceptors (Lipinski definition) is 3. The molecule has 0 saturated heterocycles. The number of likely N-dealkylation sites (N-methyl/N-ethyl adjacent to an activating group) is 1. The largest absolute Gasteiger partial charge is 0.393 e. The normalized spacial score (nSPS) is 24.7. The van der Waals surface area contributed by atoms with Crippen molar-refractivity contribution >= 4 is 5.91 Å². The van der Waals surface area contributed by atoms with Crippen molar-refractivity contribution in [3.8, 4) is 0 Å². The molecular weight excluding hydrogens is 204 g/mol. The van der Waals surface area contributed by atoms with Crippen LogP contribution in [-0.4, -0.2) is 48.7 Å². The van der Waals surface area contributed by atoms with Crippen molar-refractivity contribution in [2.24, 2.45) is 5.92 Å². The summed E-state index contributed by atoms with van der Waals surface area (Å²) in [5, 5.41) is 12.4. The summed E-state index contributed by atoms with van der Waals surface area (Å²) < 4.78 is 0. The van der Waals surface area contributed by atoms with Crippen molar-refractivity contribution in [1.82, 2.24) is 10.2 Å². The fourth-order valence-electron chi connectivity index (χ4n) is 2.18. The number of nitrogens with zero attached hydrogens (tertiary/aromatic N) is 1. The van der Waals surface area contributed by atoms with Crippen LogP contribution in [0.2, 0.25) is 0 Å². The summed E-state index contributed by atoms with van der Waals surface area (Å²) in [6, 6.07) is 0. The van der Waals surface area contributed by atoms with Crippen LogP contribution in [0.25, 0.3) is 0 Å². The van der Waals surface area contributed by atoms with E-state index in [4.69, 9.17) is 0 Å². The van der Waals surface area contributed by atoms with Crippen LogP contribution in [0, 0.1) is 5.92 Å². The Bertz CT molecular complexity index is 243. The lowest BCUT2D eigenvalue weighted by atomic mass is 10.1. The molecule has 0 radical (unpaired) electrons. The van der Waals surface area contributed by atoms with Crippen molar-refractivity contribution < 1.29 is 9.90 Å². The summed E-state index contributed by atoms with van der Waals surface area (Å²) in [5.74, 6) is 0.340. The number of amides is 1. The highest BCUT2D eigenvalue weighted by Crippen LogP contribution is 2.25. The van der Waals surface area contributed by atoms with Crippen molar-refractivity contribution in [2.75, 3.05) is 26.7 Å². The van der Waals surface area contributed by atoms with Crippen LogP contribution in [0.5, 0.6) is 0 Å². The lowest BCUT2D eigenvalue weighted by Crippen LogP contribution is -2.38. The second-order valence-electron chi connectivity index (χ2n) is 4.55. The number of carbonyl (C=O) groups is 1. The molecule has 0 heterocycles. The molecule has 1 fully saturated rings. The molecular formula is C12H22N2O2. The Kier molecular flexibility index (Phi) is 5.49. The zero-order chi connectivity index (χ0) is 12.0. The molecule has 2 N–H and O–H groups in total. The van der Waals surface area contributed by atoms with Gasteiger partial charge in [-0.1, -0.05) is 12.5 Å². The van der Waals surface area contributed by atoms with Crippen LogP contribution in [-0.2, 0) is 4.79 Å². The van der Waals surface area contributed by atoms with E-state index in [0.717, 1.165) is 25.8 Å². The Morgan fingerprint density at radius 2 is 2.38 bits per heavy atom. The minimum absolute atomic E-state index is 0.00915. The lowest BCUT2D eigenvalue weighted by molar-refractivity contribution is -0.121. The zero-order valence-electron chi connectivity index (χ0n) is 9.98. The van der Waals surface area contributed by atoms with Crippen LogP contribution in [0.1, 0.15) is 19.3 Å². The van der Waals surface area contributed by atoms with E-state index in [-0.39, 0.29) is 12.0 Å². The van der Waals surface area contributed by atoms with E-state index in [1.54, 1.807) is 6.08 Å². The second-order valence-corrected chi connectivity index (χ2v) is 4.55. The average molecular weight is 226 g/mol. The van der Waals surface area contributed by atoms with E-state index < -0.39 is 0 Å². The van der Waals surface area contributed by atoms with Crippen LogP contribution in [0.15, 0.2) is 12.7 Å². The summed E-state index contributed by atoms with van der Waals surface area (Å²) >= 11 is 0. The number of aliphatic hydroxyl groups is 1. The lowest BCUT2D eigenvalue weighted by Gasteiger charge is -2.22. The van der Waals surface area contributed by atoms with E-state index in [0.29, 0.717) is 19.0 Å². The van der Waals surface area contributed by atoms with E-state index in [9.17, 15) is 9.90 Å². The molecule has 1 rings (SSSR count). The van der Waals surface area contributed by atoms with Crippen LogP contribution < -0.4 is 5.32 Å². The number of rotatable bonds is 6. The predicted octanol–water partition coefficient (Wildman–Crippen LogP) is 0.381. The van der Waals surface area contributed by atoms with Gasteiger partial charge in [0.2, 0.25) is 5.91 Å². The van der Waals surface area contributed by atoms with E-state index in [1.165, 1.54) is 0 Å². The maximum absolute atomic E-state index is 11.4. The molecule has 4 nitrogen and oxygen atoms in total. The van der Waals surface area contributed by atoms with Crippen molar-refractivity contribution in [2.45, 2.75) is 25.4 Å². The van der Waals surface area contributed by atoms with Crippen LogP contribution in [0.3, 0.4) is 0 Å². The van der Waals surface area contributed by atoms with Gasteiger partial charge >= 0.3 is 0 Å². The molecule has 0 aromatic heterocycles. The Morgan fingerprint density at radius 3 is 2.94 bits per heavy atom. The number of carbonyl (C=O) groups excluding carboxylic acids is 1. The summed E-state index contributed by atoms with van der Waals surface area (Å²) in [6.45, 7) is 5.24. The van der Waals surface area contributed by atoms with Gasteiger partial charge in [-0.25, -0.2) is 0 Å². The zero-order valence-corrected chi connectivity index (χ0v) is 9.98. The third kappa shape index (κ3) is 4.33. The van der Waals surface area contributed by atoms with Gasteiger partial charge < -0.3 is 10.4 Å². The summed E-state index contributed by atoms with van der Waals surface area (Å²) in [4.78, 5) is 13.4. The van der Waals surface area contributed by atoms with Gasteiger partial charge in [-0.05, 0) is 25.8 Å². The average Bonchev–Trinajstić information content (AvgIpc) is 2.61. The third-order valence-electron chi connectivity index (χ3n) is 3.02. The van der Waals surface area contributed by atoms with Gasteiger partial charge in [-0.15, -0.1) is 6.58 Å². The first-order valence-electron chi connectivity index (χ1n) is 5.87. The van der Waals surface area contributed by atoms with Gasteiger partial charge in [0.1, 0.15) is 0 Å². The molecule has 2 unspecified atom stereocenters. The Balaban J connectivity index is 2.21. The summed E-state index contributed by atoms with van der Waals surface area (Å²) in [6.07, 6.45) is 4.56. The van der Waals surface area contributed by atoms with Gasteiger partial charge in [0, 0.05) is 13.1 Å². The first kappa shape index (κ1) is 13.2. The molecule has 1 saturated carbocycles. The van der Waals surface area contributed by atoms with Crippen molar-refractivity contribution in [3.05, 3.63) is 12.7 Å². The van der Waals surface area contributed by atoms with Gasteiger partial charge in [-0.2, -0.15) is 0 Å². The highest BCUT2D eigenvalue weighted by atomic mass is 16.3. The fourth-order valence-corrected chi connectivity index (χ4v) is 2.18. The monoisotopic (exact) mass is 226 g/mol. The molecule has 0 aliphatic heterocycles. The Hall–Kier alpha value is -0.870. The molecule has 0 aromatic carbocycles. The highest BCUT2D eigenvalue weighted by molar-refractivity contribution is 5.78. The molecule has 2 atom stereocenters. The van der Waals surface area contributed by atoms with Gasteiger partial charge in [-0.3, -0.25) is 9.69 Å². The maximum Gasteiger partial charge on any atom is 0.234 e. The quantitative estimate of drug-likeness (QED) is 0.644. The fraction of sp³-hybridized carbons (Fsp3) is 0.750. The topological polar surface area (TPSA) is 52.6 Å². The van der Waals surface area contributed by atoms with E-state index in [2.05, 4.69) is 11.9 Å². The predicted molar refractivity (Wildman–Crippen MR) is 64.1 cm³/mol. The van der Waals surface area contributed by atoms with E-state index >= 15 is 0 Å². The molecule has 4 heteroatoms. The Labute approximate surface area is 97.3 Å². The summed E-state index contributed by atoms with van der Waals surface area (Å²) in [7, 11) is 1.92. The highest BCUT2D eigenvalue weighted by Gasteiger charge is 2.26. The van der Waals surface area contributed by atoms with Crippen LogP contribution >= 0.6 is 0 Å². The minimum atomic E-state index is -0.182. The molecule has 1 aliphatic rings. The molecule has 1 amide bonds. The van der Waals surface area contributed by atoms with Crippen LogP contribution in [0.4, 0.5) is 0 Å². The molecule has 1 aliphatic carbocycles. The second kappa shape index (κ2) is 6.66. The SMILES string of the molecule is C=CCNC(=O)CN(C)CC1CCCC1O. The molecule has 16 heavy (non-hydrogen) atoms. The molecule has 0 bridgehead atoms. The maximum atomic E-state index is 11.4. The molecule has 92 valence electrons. The molecule has 0 spiro atoms. The number of hydrogen-bond donors (Lipinski definition) is 2. The third-order valence-corrected chi connectivity index (χ3v) is 3.02. The summed E-state index contributed by atoms with van der Waals surface area (Å²) in [5.41, 5.74) is 0. The van der Waals surface area contributed by atoms with Gasteiger partial charge in [0.15, 0.2) is 0 Å². The van der Waals surface area contributed by atoms with Crippen molar-refractivity contribution in [1.29, 1.82) is 0 Å². The molecule has 0 aromatic rings. The number of nitrogens with one attached hydrogen (secondary N) is 1. The van der Waals surface area contributed by atoms with Crippen molar-refractivity contribution in [3.63, 3.8) is 0 Å². The first-order chi connectivity index (χ1) is 7.63.